The van der Waals surface area contributed by atoms with Crippen LogP contribution in [0, 0.1) is 0 Å². The van der Waals surface area contributed by atoms with E-state index in [1.165, 1.54) is 57.8 Å². The summed E-state index contributed by atoms with van der Waals surface area (Å²) in [7, 11) is 0. The molecule has 0 aromatic heterocycles. The number of carbonyl (C=O) groups is 1. The molecule has 0 spiro atoms. The first-order chi connectivity index (χ1) is 11.1. The molecule has 0 bridgehead atoms. The van der Waals surface area contributed by atoms with Crippen LogP contribution in [0.2, 0.25) is 0 Å². The van der Waals surface area contributed by atoms with Gasteiger partial charge in [-0.1, -0.05) is 51.4 Å². The first-order valence-corrected chi connectivity index (χ1v) is 10.2. The monoisotopic (exact) mass is 366 g/mol. The maximum absolute atomic E-state index is 10.6. The number of halogens is 1. The van der Waals surface area contributed by atoms with Crippen molar-refractivity contribution in [3.8, 4) is 0 Å². The average molecular weight is 367 g/mol. The topological polar surface area (TPSA) is 35.5 Å². The van der Waals surface area contributed by atoms with Crippen LogP contribution in [0.25, 0.3) is 0 Å². The number of ether oxygens (including phenoxy) is 2. The van der Waals surface area contributed by atoms with Gasteiger partial charge in [-0.2, -0.15) is 12.6 Å². The van der Waals surface area contributed by atoms with Crippen LogP contribution in [0.5, 0.6) is 0 Å². The molecule has 0 aliphatic carbocycles. The van der Waals surface area contributed by atoms with E-state index < -0.39 is 5.43 Å². The Balaban J connectivity index is 3.27. The quantitative estimate of drug-likeness (QED) is 0.195. The molecule has 23 heavy (non-hydrogen) atoms. The van der Waals surface area contributed by atoms with Crippen LogP contribution in [0.15, 0.2) is 0 Å². The molecule has 0 fully saturated rings. The molecule has 0 aromatic carbocycles. The van der Waals surface area contributed by atoms with Gasteiger partial charge in [0.25, 0.3) is 0 Å². The molecule has 3 nitrogen and oxygen atoms in total. The zero-order valence-corrected chi connectivity index (χ0v) is 16.5. The van der Waals surface area contributed by atoms with Gasteiger partial charge in [-0.3, -0.25) is 0 Å². The summed E-state index contributed by atoms with van der Waals surface area (Å²) in [6, 6.07) is 0. The fourth-order valence-corrected chi connectivity index (χ4v) is 2.89. The first-order valence-electron chi connectivity index (χ1n) is 9.14. The Kier molecular flexibility index (Phi) is 17.0. The Morgan fingerprint density at radius 3 is 1.91 bits per heavy atom. The Morgan fingerprint density at radius 1 is 0.870 bits per heavy atom. The highest BCUT2D eigenvalue weighted by Gasteiger charge is 2.08. The van der Waals surface area contributed by atoms with Crippen molar-refractivity contribution in [3.63, 3.8) is 0 Å². The second-order valence-electron chi connectivity index (χ2n) is 6.33. The highest BCUT2D eigenvalue weighted by Crippen LogP contribution is 2.13. The van der Waals surface area contributed by atoms with Crippen LogP contribution < -0.4 is 0 Å². The molecule has 0 amide bonds. The Labute approximate surface area is 153 Å². The molecule has 0 rings (SSSR count). The molecule has 0 saturated heterocycles. The van der Waals surface area contributed by atoms with Gasteiger partial charge < -0.3 is 9.47 Å². The highest BCUT2D eigenvalue weighted by atomic mass is 35.5. The molecule has 0 aliphatic rings. The van der Waals surface area contributed by atoms with E-state index in [9.17, 15) is 4.79 Å². The molecule has 2 atom stereocenters. The molecular weight excluding hydrogens is 332 g/mol. The van der Waals surface area contributed by atoms with E-state index in [1.54, 1.807) is 0 Å². The molecule has 0 aromatic rings. The third-order valence-electron chi connectivity index (χ3n) is 3.99. The second kappa shape index (κ2) is 16.9. The van der Waals surface area contributed by atoms with Crippen molar-refractivity contribution < 1.29 is 14.3 Å². The lowest BCUT2D eigenvalue weighted by molar-refractivity contribution is 0.0333. The number of hydrogen-bond donors (Lipinski definition) is 1. The normalized spacial score (nSPS) is 13.7. The summed E-state index contributed by atoms with van der Waals surface area (Å²) in [6.45, 7) is 4.55. The average Bonchev–Trinajstić information content (AvgIpc) is 2.48. The van der Waals surface area contributed by atoms with Crippen molar-refractivity contribution >= 4 is 29.7 Å². The van der Waals surface area contributed by atoms with Crippen molar-refractivity contribution in [2.45, 2.75) is 96.7 Å². The first kappa shape index (κ1) is 23.1. The van der Waals surface area contributed by atoms with E-state index >= 15 is 0 Å². The zero-order valence-electron chi connectivity index (χ0n) is 14.9. The van der Waals surface area contributed by atoms with Crippen molar-refractivity contribution in [2.24, 2.45) is 0 Å². The minimum absolute atomic E-state index is 0.181. The number of unbranched alkanes of at least 4 members (excludes halogenated alkanes) is 8. The summed E-state index contributed by atoms with van der Waals surface area (Å²) < 4.78 is 10.6. The van der Waals surface area contributed by atoms with Gasteiger partial charge in [0.05, 0.1) is 12.7 Å². The van der Waals surface area contributed by atoms with Gasteiger partial charge in [0.1, 0.15) is 6.10 Å². The van der Waals surface area contributed by atoms with Gasteiger partial charge in [-0.25, -0.2) is 4.79 Å². The van der Waals surface area contributed by atoms with Gasteiger partial charge in [0.15, 0.2) is 0 Å². The van der Waals surface area contributed by atoms with Gasteiger partial charge >= 0.3 is 5.43 Å². The van der Waals surface area contributed by atoms with E-state index in [-0.39, 0.29) is 12.2 Å². The third kappa shape index (κ3) is 18.3. The second-order valence-corrected chi connectivity index (χ2v) is 7.09. The summed E-state index contributed by atoms with van der Waals surface area (Å²) in [6.07, 6.45) is 13.8. The van der Waals surface area contributed by atoms with Crippen molar-refractivity contribution in [2.75, 3.05) is 12.4 Å². The molecular formula is C18H35ClO3S. The fourth-order valence-electron chi connectivity index (χ4n) is 2.52. The summed E-state index contributed by atoms with van der Waals surface area (Å²) in [5, 5.41) is 0. The minimum atomic E-state index is -0.743. The highest BCUT2D eigenvalue weighted by molar-refractivity contribution is 7.80. The predicted molar refractivity (Wildman–Crippen MR) is 102 cm³/mol. The maximum atomic E-state index is 10.6. The number of carbonyl (C=O) groups excluding carboxylic acids is 1. The molecule has 5 heteroatoms. The number of rotatable bonds is 16. The Morgan fingerprint density at radius 2 is 1.39 bits per heavy atom. The standard InChI is InChI=1S/C18H35ClO3S/c1-16(21-14-13-17(2)22-18(19)20)12-10-8-6-4-3-5-7-9-11-15-23/h16-17,23H,3-15H2,1-2H3. The summed E-state index contributed by atoms with van der Waals surface area (Å²) >= 11 is 9.39. The van der Waals surface area contributed by atoms with Gasteiger partial charge in [-0.05, 0) is 32.4 Å². The van der Waals surface area contributed by atoms with E-state index in [0.29, 0.717) is 13.0 Å². The van der Waals surface area contributed by atoms with Crippen LogP contribution in [0.4, 0.5) is 4.79 Å². The van der Waals surface area contributed by atoms with Gasteiger partial charge in [0, 0.05) is 18.0 Å². The Bertz CT molecular complexity index is 277. The zero-order chi connectivity index (χ0) is 17.3. The fraction of sp³-hybridized carbons (Fsp3) is 0.944. The van der Waals surface area contributed by atoms with E-state index in [2.05, 4.69) is 19.6 Å². The third-order valence-corrected chi connectivity index (χ3v) is 4.39. The van der Waals surface area contributed by atoms with E-state index in [4.69, 9.17) is 21.1 Å². The molecule has 2 unspecified atom stereocenters. The molecule has 0 aliphatic heterocycles. The van der Waals surface area contributed by atoms with Crippen molar-refractivity contribution in [1.82, 2.24) is 0 Å². The van der Waals surface area contributed by atoms with E-state index in [1.807, 2.05) is 6.92 Å². The van der Waals surface area contributed by atoms with Crippen LogP contribution in [0.1, 0.15) is 84.5 Å². The Hall–Kier alpha value is 0.0700. The summed E-state index contributed by atoms with van der Waals surface area (Å²) in [4.78, 5) is 10.6. The maximum Gasteiger partial charge on any atom is 0.404 e. The molecule has 0 saturated carbocycles. The lowest BCUT2D eigenvalue weighted by atomic mass is 10.1. The summed E-state index contributed by atoms with van der Waals surface area (Å²) in [5.74, 6) is 1.02. The lowest BCUT2D eigenvalue weighted by Gasteiger charge is -2.15. The number of thiol groups is 1. The smallest absolute Gasteiger partial charge is 0.404 e. The van der Waals surface area contributed by atoms with E-state index in [0.717, 1.165) is 12.2 Å². The summed E-state index contributed by atoms with van der Waals surface area (Å²) in [5.41, 5.74) is -0.743. The number of hydrogen-bond acceptors (Lipinski definition) is 4. The molecule has 138 valence electrons. The van der Waals surface area contributed by atoms with Crippen LogP contribution in [0.3, 0.4) is 0 Å². The van der Waals surface area contributed by atoms with Crippen LogP contribution >= 0.6 is 24.2 Å². The molecule has 0 radical (unpaired) electrons. The van der Waals surface area contributed by atoms with Gasteiger partial charge in [-0.15, -0.1) is 0 Å². The molecule has 0 heterocycles. The molecule has 0 N–H and O–H groups in total. The van der Waals surface area contributed by atoms with Crippen molar-refractivity contribution in [1.29, 1.82) is 0 Å². The van der Waals surface area contributed by atoms with Gasteiger partial charge in [0.2, 0.25) is 0 Å². The predicted octanol–water partition coefficient (Wildman–Crippen LogP) is 6.38. The van der Waals surface area contributed by atoms with Crippen LogP contribution in [-0.4, -0.2) is 30.0 Å². The largest absolute Gasteiger partial charge is 0.451 e. The van der Waals surface area contributed by atoms with Crippen LogP contribution in [-0.2, 0) is 9.47 Å². The lowest BCUT2D eigenvalue weighted by Crippen LogP contribution is -2.16. The SMILES string of the molecule is CC(CCCCCCCCCCCS)OCCC(C)OC(=O)Cl. The minimum Gasteiger partial charge on any atom is -0.451 e. The van der Waals surface area contributed by atoms with Crippen molar-refractivity contribution in [3.05, 3.63) is 0 Å².